The van der Waals surface area contributed by atoms with E-state index in [1.807, 2.05) is 45.0 Å². The maximum absolute atomic E-state index is 13.5. The molecule has 6 nitrogen and oxygen atoms in total. The van der Waals surface area contributed by atoms with Gasteiger partial charge in [-0.1, -0.05) is 6.07 Å². The van der Waals surface area contributed by atoms with Gasteiger partial charge in [0.2, 0.25) is 5.88 Å². The Labute approximate surface area is 171 Å². The number of phenols is 1. The smallest absolute Gasteiger partial charge is 0.205 e. The summed E-state index contributed by atoms with van der Waals surface area (Å²) in [6.07, 6.45) is 0. The van der Waals surface area contributed by atoms with Gasteiger partial charge in [0, 0.05) is 24.0 Å². The van der Waals surface area contributed by atoms with E-state index in [4.69, 9.17) is 9.15 Å². The Kier molecular flexibility index (Phi) is 5.84. The van der Waals surface area contributed by atoms with Gasteiger partial charge in [0.05, 0.1) is 12.7 Å². The number of rotatable bonds is 7. The van der Waals surface area contributed by atoms with Crippen molar-refractivity contribution < 1.29 is 19.1 Å². The van der Waals surface area contributed by atoms with Crippen LogP contribution in [0.1, 0.15) is 32.6 Å². The fourth-order valence-corrected chi connectivity index (χ4v) is 3.30. The van der Waals surface area contributed by atoms with Gasteiger partial charge in [-0.2, -0.15) is 0 Å². The molecular formula is C23H28N2O4. The molecule has 0 saturated heterocycles. The van der Waals surface area contributed by atoms with Crippen LogP contribution in [-0.4, -0.2) is 50.1 Å². The molecule has 1 aromatic heterocycles. The molecule has 0 fully saturated rings. The third-order valence-corrected chi connectivity index (χ3v) is 5.21. The van der Waals surface area contributed by atoms with Crippen LogP contribution in [0.5, 0.6) is 11.5 Å². The highest BCUT2D eigenvalue weighted by Crippen LogP contribution is 2.38. The molecule has 0 aliphatic rings. The number of ketones is 1. The molecule has 0 amide bonds. The Morgan fingerprint density at radius 3 is 2.55 bits per heavy atom. The molecule has 0 aliphatic carbocycles. The van der Waals surface area contributed by atoms with E-state index in [0.29, 0.717) is 45.8 Å². The van der Waals surface area contributed by atoms with Gasteiger partial charge in [-0.05, 0) is 69.8 Å². The number of aromatic hydroxyl groups is 1. The maximum Gasteiger partial charge on any atom is 0.205 e. The Bertz CT molecular complexity index is 1070. The van der Waals surface area contributed by atoms with Crippen LogP contribution in [0.3, 0.4) is 0 Å². The molecule has 0 bridgehead atoms. The second-order valence-corrected chi connectivity index (χ2v) is 7.59. The zero-order chi connectivity index (χ0) is 21.3. The minimum atomic E-state index is -0.180. The maximum atomic E-state index is 13.5. The molecule has 0 aliphatic heterocycles. The van der Waals surface area contributed by atoms with Crippen molar-refractivity contribution in [1.29, 1.82) is 0 Å². The standard InChI is InChI=1S/C23H28N2O4/c1-13-7-8-17-19(21(27)16-11-14(2)15(3)18(12-16)28-6)23(24-9-10-25(4)5)29-22(17)20(13)26/h7-8,11-12,24,26H,9-10H2,1-6H3. The number of nitrogens with one attached hydrogen (secondary N) is 1. The molecule has 0 radical (unpaired) electrons. The van der Waals surface area contributed by atoms with Crippen molar-refractivity contribution in [3.05, 3.63) is 52.1 Å². The Balaban J connectivity index is 2.14. The number of carbonyl (C=O) groups is 1. The van der Waals surface area contributed by atoms with Gasteiger partial charge < -0.3 is 24.5 Å². The number of aryl methyl sites for hydroxylation is 2. The fraction of sp³-hybridized carbons (Fsp3) is 0.348. The molecule has 0 spiro atoms. The molecule has 3 aromatic rings. The van der Waals surface area contributed by atoms with E-state index < -0.39 is 0 Å². The monoisotopic (exact) mass is 396 g/mol. The van der Waals surface area contributed by atoms with Crippen molar-refractivity contribution in [2.45, 2.75) is 20.8 Å². The van der Waals surface area contributed by atoms with Crippen LogP contribution in [0.2, 0.25) is 0 Å². The first kappa shape index (κ1) is 20.7. The first-order valence-electron chi connectivity index (χ1n) is 9.58. The van der Waals surface area contributed by atoms with Crippen LogP contribution in [0.15, 0.2) is 28.7 Å². The lowest BCUT2D eigenvalue weighted by Crippen LogP contribution is -2.21. The van der Waals surface area contributed by atoms with Crippen molar-refractivity contribution in [1.82, 2.24) is 4.90 Å². The van der Waals surface area contributed by atoms with Gasteiger partial charge >= 0.3 is 0 Å². The van der Waals surface area contributed by atoms with E-state index in [-0.39, 0.29) is 11.5 Å². The lowest BCUT2D eigenvalue weighted by Gasteiger charge is -2.12. The van der Waals surface area contributed by atoms with Gasteiger partial charge in [-0.25, -0.2) is 0 Å². The van der Waals surface area contributed by atoms with E-state index >= 15 is 0 Å². The van der Waals surface area contributed by atoms with E-state index in [0.717, 1.165) is 17.7 Å². The molecule has 154 valence electrons. The number of benzene rings is 2. The molecular weight excluding hydrogens is 368 g/mol. The number of carbonyl (C=O) groups excluding carboxylic acids is 1. The molecule has 3 rings (SSSR count). The molecule has 0 unspecified atom stereocenters. The first-order chi connectivity index (χ1) is 13.7. The summed E-state index contributed by atoms with van der Waals surface area (Å²) in [6.45, 7) is 7.08. The number of phenolic OH excluding ortho intramolecular Hbond substituents is 1. The molecule has 2 aromatic carbocycles. The van der Waals surface area contributed by atoms with E-state index in [9.17, 15) is 9.90 Å². The summed E-state index contributed by atoms with van der Waals surface area (Å²) in [6, 6.07) is 7.21. The highest BCUT2D eigenvalue weighted by molar-refractivity contribution is 6.20. The third-order valence-electron chi connectivity index (χ3n) is 5.21. The SMILES string of the molecule is COc1cc(C(=O)c2c(NCCN(C)C)oc3c(O)c(C)ccc23)cc(C)c1C. The number of fused-ring (bicyclic) bond motifs is 1. The summed E-state index contributed by atoms with van der Waals surface area (Å²) in [5.74, 6) is 0.905. The number of likely N-dealkylation sites (N-methyl/N-ethyl adjacent to an activating group) is 1. The average molecular weight is 396 g/mol. The molecule has 1 heterocycles. The molecule has 29 heavy (non-hydrogen) atoms. The van der Waals surface area contributed by atoms with Crippen LogP contribution < -0.4 is 10.1 Å². The van der Waals surface area contributed by atoms with Crippen molar-refractivity contribution in [2.24, 2.45) is 0 Å². The summed E-state index contributed by atoms with van der Waals surface area (Å²) in [4.78, 5) is 15.6. The van der Waals surface area contributed by atoms with Crippen molar-refractivity contribution in [3.63, 3.8) is 0 Å². The van der Waals surface area contributed by atoms with Crippen molar-refractivity contribution >= 4 is 22.6 Å². The minimum absolute atomic E-state index is 0.0508. The van der Waals surface area contributed by atoms with Crippen LogP contribution in [0, 0.1) is 20.8 Å². The van der Waals surface area contributed by atoms with Gasteiger partial charge in [0.25, 0.3) is 0 Å². The predicted octanol–water partition coefficient (Wildman–Crippen LogP) is 4.28. The Morgan fingerprint density at radius 1 is 1.17 bits per heavy atom. The van der Waals surface area contributed by atoms with E-state index in [2.05, 4.69) is 5.32 Å². The van der Waals surface area contributed by atoms with Crippen LogP contribution in [-0.2, 0) is 0 Å². The topological polar surface area (TPSA) is 74.9 Å². The zero-order valence-corrected chi connectivity index (χ0v) is 17.8. The number of nitrogens with zero attached hydrogens (tertiary/aromatic N) is 1. The number of hydrogen-bond donors (Lipinski definition) is 2. The van der Waals surface area contributed by atoms with Gasteiger partial charge in [-0.15, -0.1) is 0 Å². The Hall–Kier alpha value is -2.99. The molecule has 0 atom stereocenters. The van der Waals surface area contributed by atoms with Crippen molar-refractivity contribution in [3.8, 4) is 11.5 Å². The zero-order valence-electron chi connectivity index (χ0n) is 17.8. The van der Waals surface area contributed by atoms with Crippen LogP contribution >= 0.6 is 0 Å². The summed E-state index contributed by atoms with van der Waals surface area (Å²) >= 11 is 0. The molecule has 0 saturated carbocycles. The number of hydrogen-bond acceptors (Lipinski definition) is 6. The number of anilines is 1. The lowest BCUT2D eigenvalue weighted by atomic mass is 9.97. The normalized spacial score (nSPS) is 11.3. The lowest BCUT2D eigenvalue weighted by molar-refractivity contribution is 0.104. The van der Waals surface area contributed by atoms with Gasteiger partial charge in [0.15, 0.2) is 17.1 Å². The van der Waals surface area contributed by atoms with Gasteiger partial charge in [-0.3, -0.25) is 4.79 Å². The number of furan rings is 1. The van der Waals surface area contributed by atoms with Crippen LogP contribution in [0.25, 0.3) is 11.0 Å². The molecule has 2 N–H and O–H groups in total. The minimum Gasteiger partial charge on any atom is -0.504 e. The highest BCUT2D eigenvalue weighted by Gasteiger charge is 2.25. The summed E-state index contributed by atoms with van der Waals surface area (Å²) in [7, 11) is 5.55. The van der Waals surface area contributed by atoms with Crippen molar-refractivity contribution in [2.75, 3.05) is 39.6 Å². The summed E-state index contributed by atoms with van der Waals surface area (Å²) < 4.78 is 11.4. The summed E-state index contributed by atoms with van der Waals surface area (Å²) in [5.41, 5.74) is 3.91. The van der Waals surface area contributed by atoms with E-state index in [1.165, 1.54) is 0 Å². The second kappa shape index (κ2) is 8.17. The molecule has 6 heteroatoms. The predicted molar refractivity (Wildman–Crippen MR) is 116 cm³/mol. The number of methoxy groups -OCH3 is 1. The number of ether oxygens (including phenoxy) is 1. The first-order valence-corrected chi connectivity index (χ1v) is 9.58. The third kappa shape index (κ3) is 3.93. The highest BCUT2D eigenvalue weighted by atomic mass is 16.5. The largest absolute Gasteiger partial charge is 0.504 e. The summed E-state index contributed by atoms with van der Waals surface area (Å²) in [5, 5.41) is 14.3. The van der Waals surface area contributed by atoms with Gasteiger partial charge in [0.1, 0.15) is 5.75 Å². The average Bonchev–Trinajstić information content (AvgIpc) is 3.05. The Morgan fingerprint density at radius 2 is 1.90 bits per heavy atom. The van der Waals surface area contributed by atoms with E-state index in [1.54, 1.807) is 26.2 Å². The van der Waals surface area contributed by atoms with Crippen LogP contribution in [0.4, 0.5) is 5.88 Å². The second-order valence-electron chi connectivity index (χ2n) is 7.59. The quantitative estimate of drug-likeness (QED) is 0.581. The fourth-order valence-electron chi connectivity index (χ4n) is 3.30.